The van der Waals surface area contributed by atoms with E-state index < -0.39 is 11.2 Å². The van der Waals surface area contributed by atoms with Crippen molar-refractivity contribution >= 4 is 22.2 Å². The van der Waals surface area contributed by atoms with E-state index in [0.717, 1.165) is 11.3 Å². The molecular formula is C13H14F3N5OS. The number of rotatable bonds is 3. The van der Waals surface area contributed by atoms with E-state index in [9.17, 15) is 18.3 Å². The fraction of sp³-hybridized carbons (Fsp3) is 0.462. The van der Waals surface area contributed by atoms with Crippen molar-refractivity contribution < 1.29 is 18.3 Å². The van der Waals surface area contributed by atoms with E-state index in [-0.39, 0.29) is 11.7 Å². The summed E-state index contributed by atoms with van der Waals surface area (Å²) in [7, 11) is 0. The van der Waals surface area contributed by atoms with Gasteiger partial charge in [0, 0.05) is 49.8 Å². The average Bonchev–Trinajstić information content (AvgIpc) is 3.05. The molecule has 10 heteroatoms. The molecule has 2 aromatic heterocycles. The van der Waals surface area contributed by atoms with Gasteiger partial charge in [-0.1, -0.05) is 11.3 Å². The van der Waals surface area contributed by atoms with Gasteiger partial charge in [-0.25, -0.2) is 0 Å². The molecule has 23 heavy (non-hydrogen) atoms. The van der Waals surface area contributed by atoms with Gasteiger partial charge in [0.15, 0.2) is 0 Å². The first kappa shape index (κ1) is 15.9. The molecule has 1 aliphatic rings. The molecule has 0 spiro atoms. The molecule has 1 N–H and O–H groups in total. The number of aromatic nitrogens is 3. The van der Waals surface area contributed by atoms with Crippen LogP contribution >= 0.6 is 11.3 Å². The number of hydrogen-bond acceptors (Lipinski definition) is 7. The molecule has 2 aromatic rings. The minimum atomic E-state index is -4.45. The largest absolute Gasteiger partial charge is 0.445 e. The molecule has 3 heterocycles. The fourth-order valence-electron chi connectivity index (χ4n) is 2.45. The Bertz CT molecular complexity index is 670. The number of aliphatic hydroxyl groups is 1. The highest BCUT2D eigenvalue weighted by Gasteiger charge is 2.36. The van der Waals surface area contributed by atoms with Gasteiger partial charge >= 0.3 is 6.18 Å². The van der Waals surface area contributed by atoms with E-state index in [0.29, 0.717) is 37.5 Å². The van der Waals surface area contributed by atoms with Crippen LogP contribution in [0.1, 0.15) is 10.6 Å². The second-order valence-corrected chi connectivity index (χ2v) is 5.98. The Morgan fingerprint density at radius 2 is 1.83 bits per heavy atom. The van der Waals surface area contributed by atoms with Crippen LogP contribution in [0.2, 0.25) is 0 Å². The van der Waals surface area contributed by atoms with E-state index in [1.807, 2.05) is 6.07 Å². The number of hydrogen-bond donors (Lipinski definition) is 1. The maximum Gasteiger partial charge on any atom is 0.445 e. The lowest BCUT2D eigenvalue weighted by atomic mass is 10.2. The maximum atomic E-state index is 12.6. The molecule has 0 unspecified atom stereocenters. The van der Waals surface area contributed by atoms with E-state index in [1.54, 1.807) is 17.3 Å². The van der Waals surface area contributed by atoms with Crippen molar-refractivity contribution in [1.82, 2.24) is 15.2 Å². The number of pyridine rings is 1. The topological polar surface area (TPSA) is 65.4 Å². The molecule has 0 aromatic carbocycles. The lowest BCUT2D eigenvalue weighted by molar-refractivity contribution is -0.138. The van der Waals surface area contributed by atoms with Crippen molar-refractivity contribution in [1.29, 1.82) is 0 Å². The van der Waals surface area contributed by atoms with Crippen LogP contribution in [-0.2, 0) is 12.8 Å². The summed E-state index contributed by atoms with van der Waals surface area (Å²) < 4.78 is 37.8. The standard InChI is InChI=1S/C13H14F3N5OS/c14-13(15,16)11-18-19-12(23-11)21-5-3-20(4-6-21)10-1-2-17-7-9(10)8-22/h1-2,7,22H,3-6,8H2. The smallest absolute Gasteiger partial charge is 0.392 e. The summed E-state index contributed by atoms with van der Waals surface area (Å²) in [5, 5.41) is 15.6. The predicted molar refractivity (Wildman–Crippen MR) is 79.5 cm³/mol. The first-order valence-electron chi connectivity index (χ1n) is 6.93. The highest BCUT2D eigenvalue weighted by Crippen LogP contribution is 2.34. The zero-order valence-electron chi connectivity index (χ0n) is 12.0. The Kier molecular flexibility index (Phi) is 4.35. The van der Waals surface area contributed by atoms with Gasteiger partial charge in [0.2, 0.25) is 10.1 Å². The van der Waals surface area contributed by atoms with Crippen LogP contribution < -0.4 is 9.80 Å². The third-order valence-corrected chi connectivity index (χ3v) is 4.62. The van der Waals surface area contributed by atoms with Crippen molar-refractivity contribution in [2.75, 3.05) is 36.0 Å². The number of alkyl halides is 3. The van der Waals surface area contributed by atoms with Crippen molar-refractivity contribution in [2.24, 2.45) is 0 Å². The molecule has 0 saturated carbocycles. The molecule has 0 bridgehead atoms. The van der Waals surface area contributed by atoms with Crippen molar-refractivity contribution in [3.05, 3.63) is 29.0 Å². The van der Waals surface area contributed by atoms with Crippen LogP contribution in [0.3, 0.4) is 0 Å². The Morgan fingerprint density at radius 1 is 1.13 bits per heavy atom. The summed E-state index contributed by atoms with van der Waals surface area (Å²) in [4.78, 5) is 7.85. The third kappa shape index (κ3) is 3.37. The predicted octanol–water partition coefficient (Wildman–Crippen LogP) is 1.77. The highest BCUT2D eigenvalue weighted by atomic mass is 32.1. The monoisotopic (exact) mass is 345 g/mol. The van der Waals surface area contributed by atoms with Crippen LogP contribution in [0, 0.1) is 0 Å². The Hall–Kier alpha value is -1.94. The van der Waals surface area contributed by atoms with E-state index in [2.05, 4.69) is 20.1 Å². The summed E-state index contributed by atoms with van der Waals surface area (Å²) in [6.07, 6.45) is -1.19. The van der Waals surface area contributed by atoms with Gasteiger partial charge in [-0.2, -0.15) is 13.2 Å². The molecular weight excluding hydrogens is 331 g/mol. The molecule has 1 fully saturated rings. The zero-order valence-corrected chi connectivity index (χ0v) is 12.8. The van der Waals surface area contributed by atoms with Gasteiger partial charge in [-0.15, -0.1) is 10.2 Å². The van der Waals surface area contributed by atoms with Crippen LogP contribution in [-0.4, -0.2) is 46.5 Å². The molecule has 0 aliphatic carbocycles. The van der Waals surface area contributed by atoms with Crippen molar-refractivity contribution in [3.63, 3.8) is 0 Å². The van der Waals surface area contributed by atoms with E-state index >= 15 is 0 Å². The maximum absolute atomic E-state index is 12.6. The van der Waals surface area contributed by atoms with Gasteiger partial charge < -0.3 is 14.9 Å². The summed E-state index contributed by atoms with van der Waals surface area (Å²) in [5.41, 5.74) is 1.63. The molecule has 0 radical (unpaired) electrons. The van der Waals surface area contributed by atoms with E-state index in [4.69, 9.17) is 0 Å². The number of aliphatic hydroxyl groups excluding tert-OH is 1. The summed E-state index contributed by atoms with van der Waals surface area (Å²) in [5.74, 6) is 0. The molecule has 0 atom stereocenters. The Balaban J connectivity index is 1.68. The second-order valence-electron chi connectivity index (χ2n) is 5.02. The van der Waals surface area contributed by atoms with Gasteiger partial charge in [-0.3, -0.25) is 4.98 Å². The minimum absolute atomic E-state index is 0.102. The molecule has 124 valence electrons. The third-order valence-electron chi connectivity index (χ3n) is 3.60. The highest BCUT2D eigenvalue weighted by molar-refractivity contribution is 7.15. The molecule has 1 saturated heterocycles. The zero-order chi connectivity index (χ0) is 16.4. The van der Waals surface area contributed by atoms with Crippen LogP contribution in [0.15, 0.2) is 18.5 Å². The average molecular weight is 345 g/mol. The summed E-state index contributed by atoms with van der Waals surface area (Å²) in [6.45, 7) is 2.23. The van der Waals surface area contributed by atoms with Gasteiger partial charge in [0.05, 0.1) is 6.61 Å². The SMILES string of the molecule is OCc1cnccc1N1CCN(c2nnc(C(F)(F)F)s2)CC1. The first-order chi connectivity index (χ1) is 11.0. The van der Waals surface area contributed by atoms with Crippen LogP contribution in [0.4, 0.5) is 24.0 Å². The molecule has 0 amide bonds. The Morgan fingerprint density at radius 3 is 2.43 bits per heavy atom. The number of nitrogens with zero attached hydrogens (tertiary/aromatic N) is 5. The number of anilines is 2. The number of halogens is 3. The summed E-state index contributed by atoms with van der Waals surface area (Å²) >= 11 is 0.561. The Labute approximate surface area is 134 Å². The quantitative estimate of drug-likeness (QED) is 0.915. The minimum Gasteiger partial charge on any atom is -0.392 e. The van der Waals surface area contributed by atoms with Gasteiger partial charge in [0.1, 0.15) is 0 Å². The molecule has 6 nitrogen and oxygen atoms in total. The fourth-order valence-corrected chi connectivity index (χ4v) is 3.21. The van der Waals surface area contributed by atoms with Crippen molar-refractivity contribution in [3.8, 4) is 0 Å². The van der Waals surface area contributed by atoms with E-state index in [1.165, 1.54) is 0 Å². The number of piperazine rings is 1. The van der Waals surface area contributed by atoms with Crippen molar-refractivity contribution in [2.45, 2.75) is 12.8 Å². The van der Waals surface area contributed by atoms with Crippen LogP contribution in [0.25, 0.3) is 0 Å². The summed E-state index contributed by atoms with van der Waals surface area (Å²) in [6, 6.07) is 1.83. The molecule has 3 rings (SSSR count). The lowest BCUT2D eigenvalue weighted by Crippen LogP contribution is -2.46. The second kappa shape index (κ2) is 6.28. The van der Waals surface area contributed by atoms with Crippen LogP contribution in [0.5, 0.6) is 0 Å². The van der Waals surface area contributed by atoms with Gasteiger partial charge in [-0.05, 0) is 6.07 Å². The first-order valence-corrected chi connectivity index (χ1v) is 7.75. The normalized spacial score (nSPS) is 16.0. The molecule has 1 aliphatic heterocycles. The van der Waals surface area contributed by atoms with Gasteiger partial charge in [0.25, 0.3) is 0 Å². The lowest BCUT2D eigenvalue weighted by Gasteiger charge is -2.36.